The Morgan fingerprint density at radius 2 is 1.87 bits per heavy atom. The van der Waals surface area contributed by atoms with Crippen LogP contribution < -0.4 is 15.0 Å². The van der Waals surface area contributed by atoms with Crippen LogP contribution in [0.4, 0.5) is 18.9 Å². The summed E-state index contributed by atoms with van der Waals surface area (Å²) >= 11 is 0. The van der Waals surface area contributed by atoms with Crippen LogP contribution in [0.5, 0.6) is 5.75 Å². The summed E-state index contributed by atoms with van der Waals surface area (Å²) in [6.07, 6.45) is -3.29. The second kappa shape index (κ2) is 8.97. The number of amides is 1. The quantitative estimate of drug-likeness (QED) is 0.487. The predicted octanol–water partition coefficient (Wildman–Crippen LogP) is 3.52. The number of anilines is 1. The number of aromatic nitrogens is 3. The lowest BCUT2D eigenvalue weighted by Gasteiger charge is -2.09. The molecule has 1 N–H and O–H groups in total. The highest BCUT2D eigenvalue weighted by atomic mass is 19.4. The molecule has 0 saturated carbocycles. The first-order chi connectivity index (χ1) is 14.3. The Morgan fingerprint density at radius 1 is 1.17 bits per heavy atom. The van der Waals surface area contributed by atoms with Crippen LogP contribution in [0.2, 0.25) is 0 Å². The van der Waals surface area contributed by atoms with E-state index in [1.807, 2.05) is 0 Å². The summed E-state index contributed by atoms with van der Waals surface area (Å²) < 4.78 is 41.9. The van der Waals surface area contributed by atoms with Crippen molar-refractivity contribution in [1.29, 1.82) is 0 Å². The lowest BCUT2D eigenvalue weighted by Crippen LogP contribution is -2.17. The number of nitrogens with one attached hydrogen (secondary N) is 1. The summed E-state index contributed by atoms with van der Waals surface area (Å²) in [5.41, 5.74) is 1.63. The Labute approximate surface area is 167 Å². The molecule has 2 aromatic carbocycles. The fraction of sp³-hybridized carbons (Fsp3) is 0.167. The molecular weight excluding hydrogens is 403 g/mol. The lowest BCUT2D eigenvalue weighted by molar-refractivity contribution is -0.274. The molecule has 0 aliphatic carbocycles. The molecule has 0 bridgehead atoms. The van der Waals surface area contributed by atoms with Gasteiger partial charge in [0.1, 0.15) is 24.2 Å². The molecule has 0 radical (unpaired) electrons. The number of rotatable bonds is 6. The van der Waals surface area contributed by atoms with Crippen LogP contribution in [-0.4, -0.2) is 34.1 Å². The summed E-state index contributed by atoms with van der Waals surface area (Å²) in [5, 5.41) is 14.2. The van der Waals surface area contributed by atoms with Gasteiger partial charge in [0.25, 0.3) is 0 Å². The molecule has 30 heavy (non-hydrogen) atoms. The number of benzene rings is 2. The number of carbonyl (C=O) groups is 1. The van der Waals surface area contributed by atoms with E-state index in [1.54, 1.807) is 24.3 Å². The van der Waals surface area contributed by atoms with E-state index in [9.17, 15) is 18.0 Å². The van der Waals surface area contributed by atoms with Gasteiger partial charge in [0.05, 0.1) is 12.2 Å². The van der Waals surface area contributed by atoms with Gasteiger partial charge in [-0.25, -0.2) is 9.67 Å². The van der Waals surface area contributed by atoms with Crippen LogP contribution in [0.15, 0.2) is 65.1 Å². The van der Waals surface area contributed by atoms with Crippen LogP contribution in [-0.2, 0) is 6.54 Å². The number of hydrogen-bond acceptors (Lipinski definition) is 6. The maximum atomic E-state index is 12.2. The first kappa shape index (κ1) is 20.7. The number of carbonyl (C=O) groups excluding carboxylic acids is 1. The monoisotopic (exact) mass is 418 g/mol. The molecule has 0 saturated heterocycles. The van der Waals surface area contributed by atoms with Gasteiger partial charge in [0.15, 0.2) is 5.82 Å². The van der Waals surface area contributed by atoms with Crippen LogP contribution in [0.1, 0.15) is 16.2 Å². The molecule has 1 heterocycles. The van der Waals surface area contributed by atoms with E-state index in [1.165, 1.54) is 42.3 Å². The van der Waals surface area contributed by atoms with Gasteiger partial charge >= 0.3 is 12.3 Å². The summed E-state index contributed by atoms with van der Waals surface area (Å²) in [5.74, 6) is -0.357. The first-order valence-corrected chi connectivity index (χ1v) is 8.49. The molecule has 1 aromatic heterocycles. The highest BCUT2D eigenvalue weighted by molar-refractivity contribution is 5.94. The normalized spacial score (nSPS) is 10.8. The van der Waals surface area contributed by atoms with Crippen molar-refractivity contribution in [1.82, 2.24) is 19.7 Å². The van der Waals surface area contributed by atoms with Crippen molar-refractivity contribution in [2.75, 3.05) is 12.4 Å². The van der Waals surface area contributed by atoms with Crippen molar-refractivity contribution in [3.63, 3.8) is 0 Å². The van der Waals surface area contributed by atoms with Crippen molar-refractivity contribution in [3.8, 4) is 11.4 Å². The van der Waals surface area contributed by atoms with Gasteiger partial charge in [-0.3, -0.25) is 4.79 Å². The number of ether oxygens (including phenoxy) is 1. The number of hydrogen-bond donors (Lipinski definition) is 1. The van der Waals surface area contributed by atoms with E-state index in [2.05, 4.69) is 35.3 Å². The van der Waals surface area contributed by atoms with Gasteiger partial charge < -0.3 is 10.1 Å². The molecule has 0 atom stereocenters. The molecule has 0 fully saturated rings. The molecule has 1 amide bonds. The second-order valence-electron chi connectivity index (χ2n) is 5.77. The zero-order valence-electron chi connectivity index (χ0n) is 15.5. The van der Waals surface area contributed by atoms with Crippen LogP contribution in [0.25, 0.3) is 5.69 Å². The Balaban J connectivity index is 1.59. The summed E-state index contributed by atoms with van der Waals surface area (Å²) in [6.45, 7) is 0.296. The SMILES string of the molecule is CN=[N+]=NC(=O)c1ccc(NCc2ncn(-c3ccc(OC(F)(F)F)cc3)n2)cc1. The molecule has 0 aliphatic heterocycles. The van der Waals surface area contributed by atoms with E-state index < -0.39 is 12.3 Å². The molecule has 3 aromatic rings. The number of nitrogens with zero attached hydrogens (tertiary/aromatic N) is 6. The van der Waals surface area contributed by atoms with Gasteiger partial charge in [-0.15, -0.1) is 18.3 Å². The van der Waals surface area contributed by atoms with Crippen LogP contribution >= 0.6 is 0 Å². The standard InChI is InChI=1S/C18H14F3N7O2/c1-22-27-25-17(29)12-2-4-13(5-3-12)23-10-16-24-11-28(26-16)14-6-8-15(9-7-14)30-18(19,20)21/h2-9,11H,10H2,1H3/p+1. The van der Waals surface area contributed by atoms with Gasteiger partial charge in [0, 0.05) is 11.3 Å². The first-order valence-electron chi connectivity index (χ1n) is 8.49. The summed E-state index contributed by atoms with van der Waals surface area (Å²) in [6, 6.07) is 11.8. The lowest BCUT2D eigenvalue weighted by atomic mass is 10.2. The molecule has 0 unspecified atom stereocenters. The summed E-state index contributed by atoms with van der Waals surface area (Å²) in [4.78, 5) is 19.2. The van der Waals surface area contributed by atoms with E-state index in [0.717, 1.165) is 5.69 Å². The van der Waals surface area contributed by atoms with Gasteiger partial charge in [-0.1, -0.05) is 0 Å². The second-order valence-corrected chi connectivity index (χ2v) is 5.77. The Morgan fingerprint density at radius 3 is 2.50 bits per heavy atom. The third-order valence-corrected chi connectivity index (χ3v) is 3.68. The molecule has 154 valence electrons. The predicted molar refractivity (Wildman–Crippen MR) is 99.1 cm³/mol. The third kappa shape index (κ3) is 5.72. The highest BCUT2D eigenvalue weighted by Crippen LogP contribution is 2.23. The maximum absolute atomic E-state index is 12.2. The van der Waals surface area contributed by atoms with Crippen molar-refractivity contribution in [2.24, 2.45) is 10.2 Å². The largest absolute Gasteiger partial charge is 0.573 e. The fourth-order valence-corrected chi connectivity index (χ4v) is 2.36. The van der Waals surface area contributed by atoms with E-state index in [-0.39, 0.29) is 5.75 Å². The fourth-order valence-electron chi connectivity index (χ4n) is 2.36. The minimum Gasteiger partial charge on any atom is -0.406 e. The molecule has 9 nitrogen and oxygen atoms in total. The van der Waals surface area contributed by atoms with E-state index >= 15 is 0 Å². The van der Waals surface area contributed by atoms with Gasteiger partial charge in [0.2, 0.25) is 10.0 Å². The van der Waals surface area contributed by atoms with Crippen LogP contribution in [0, 0.1) is 0 Å². The average Bonchev–Trinajstić information content (AvgIpc) is 3.19. The van der Waals surface area contributed by atoms with E-state index in [0.29, 0.717) is 23.6 Å². The van der Waals surface area contributed by atoms with Crippen molar-refractivity contribution in [3.05, 3.63) is 66.2 Å². The van der Waals surface area contributed by atoms with Crippen LogP contribution in [0.3, 0.4) is 0 Å². The smallest absolute Gasteiger partial charge is 0.406 e. The molecule has 3 rings (SSSR count). The average molecular weight is 418 g/mol. The molecule has 0 aliphatic rings. The topological polar surface area (TPSA) is 108 Å². The zero-order valence-corrected chi connectivity index (χ0v) is 15.5. The minimum absolute atomic E-state index is 0.296. The Bertz CT molecular complexity index is 1070. The number of alkyl halides is 3. The Kier molecular flexibility index (Phi) is 6.18. The molecule has 12 heteroatoms. The minimum atomic E-state index is -4.74. The Hall–Kier alpha value is -4.05. The third-order valence-electron chi connectivity index (χ3n) is 3.68. The van der Waals surface area contributed by atoms with E-state index in [4.69, 9.17) is 0 Å². The molecule has 0 spiro atoms. The highest BCUT2D eigenvalue weighted by Gasteiger charge is 2.31. The van der Waals surface area contributed by atoms with Crippen molar-refractivity contribution in [2.45, 2.75) is 12.9 Å². The maximum Gasteiger partial charge on any atom is 0.573 e. The van der Waals surface area contributed by atoms with Crippen molar-refractivity contribution >= 4 is 11.6 Å². The van der Waals surface area contributed by atoms with Crippen molar-refractivity contribution < 1.29 is 22.7 Å². The number of halogens is 3. The zero-order chi connectivity index (χ0) is 21.6. The molecular formula is C18H15F3N7O2+. The van der Waals surface area contributed by atoms with Gasteiger partial charge in [-0.2, -0.15) is 0 Å². The summed E-state index contributed by atoms with van der Waals surface area (Å²) in [7, 11) is 1.41. The van der Waals surface area contributed by atoms with Gasteiger partial charge in [-0.05, 0) is 48.5 Å².